The topological polar surface area (TPSA) is 102 Å². The molecule has 0 saturated heterocycles. The van der Waals surface area contributed by atoms with Gasteiger partial charge in [0, 0.05) is 19.8 Å². The van der Waals surface area contributed by atoms with Crippen LogP contribution in [0.3, 0.4) is 0 Å². The third kappa shape index (κ3) is 6.72. The van der Waals surface area contributed by atoms with Crippen molar-refractivity contribution in [3.63, 3.8) is 0 Å². The van der Waals surface area contributed by atoms with Gasteiger partial charge in [-0.25, -0.2) is 13.1 Å². The van der Waals surface area contributed by atoms with Crippen molar-refractivity contribution < 1.29 is 27.8 Å². The first-order valence-electron chi connectivity index (χ1n) is 4.61. The lowest BCUT2D eigenvalue weighted by atomic mass is 10.2. The average Bonchev–Trinajstić information content (AvgIpc) is 2.17. The lowest BCUT2D eigenvalue weighted by Gasteiger charge is -2.16. The Kier molecular flexibility index (Phi) is 7.22. The van der Waals surface area contributed by atoms with Crippen LogP contribution in [0.2, 0.25) is 0 Å². The van der Waals surface area contributed by atoms with Crippen LogP contribution in [0.4, 0.5) is 0 Å². The van der Waals surface area contributed by atoms with Gasteiger partial charge >= 0.3 is 5.97 Å². The van der Waals surface area contributed by atoms with Crippen molar-refractivity contribution in [3.8, 4) is 0 Å². The van der Waals surface area contributed by atoms with E-state index >= 15 is 0 Å². The summed E-state index contributed by atoms with van der Waals surface area (Å²) in [6.45, 7) is -0.0459. The standard InChI is InChI=1S/C8H17NO6S/c1-14-5-7(3-4-10)9-16(12,13)6-8(11)15-2/h7,9-10H,3-6H2,1-2H3. The highest BCUT2D eigenvalue weighted by Gasteiger charge is 2.21. The number of nitrogens with one attached hydrogen (secondary N) is 1. The van der Waals surface area contributed by atoms with E-state index < -0.39 is 27.8 Å². The number of aliphatic hydroxyl groups excluding tert-OH is 1. The van der Waals surface area contributed by atoms with Gasteiger partial charge in [0.2, 0.25) is 10.0 Å². The Morgan fingerprint density at radius 2 is 2.06 bits per heavy atom. The molecule has 1 atom stereocenters. The van der Waals surface area contributed by atoms with Crippen LogP contribution in [0.1, 0.15) is 6.42 Å². The summed E-state index contributed by atoms with van der Waals surface area (Å²) in [4.78, 5) is 10.8. The fraction of sp³-hybridized carbons (Fsp3) is 0.875. The predicted molar refractivity (Wildman–Crippen MR) is 56.3 cm³/mol. The van der Waals surface area contributed by atoms with Gasteiger partial charge in [0.05, 0.1) is 13.7 Å². The molecule has 0 heterocycles. The largest absolute Gasteiger partial charge is 0.468 e. The van der Waals surface area contributed by atoms with Crippen molar-refractivity contribution >= 4 is 16.0 Å². The maximum absolute atomic E-state index is 11.4. The molecular formula is C8H17NO6S. The van der Waals surface area contributed by atoms with E-state index in [2.05, 4.69) is 9.46 Å². The summed E-state index contributed by atoms with van der Waals surface area (Å²) in [6, 6.07) is -0.551. The average molecular weight is 255 g/mol. The van der Waals surface area contributed by atoms with Crippen molar-refractivity contribution in [3.05, 3.63) is 0 Å². The Morgan fingerprint density at radius 1 is 1.44 bits per heavy atom. The van der Waals surface area contributed by atoms with Crippen LogP contribution in [0, 0.1) is 0 Å². The summed E-state index contributed by atoms with van der Waals surface area (Å²) < 4.78 is 34.1. The molecule has 0 amide bonds. The van der Waals surface area contributed by atoms with Crippen LogP contribution in [0.5, 0.6) is 0 Å². The second kappa shape index (κ2) is 7.55. The molecule has 0 aliphatic heterocycles. The number of rotatable bonds is 8. The number of carbonyl (C=O) groups excluding carboxylic acids is 1. The van der Waals surface area contributed by atoms with Gasteiger partial charge in [-0.15, -0.1) is 0 Å². The fourth-order valence-corrected chi connectivity index (χ4v) is 2.25. The Morgan fingerprint density at radius 3 is 2.50 bits per heavy atom. The number of esters is 1. The first-order valence-corrected chi connectivity index (χ1v) is 6.27. The van der Waals surface area contributed by atoms with Crippen LogP contribution in [0.25, 0.3) is 0 Å². The highest BCUT2D eigenvalue weighted by Crippen LogP contribution is 1.97. The van der Waals surface area contributed by atoms with Crippen molar-refractivity contribution in [2.45, 2.75) is 12.5 Å². The molecule has 0 bridgehead atoms. The van der Waals surface area contributed by atoms with Crippen LogP contribution in [-0.2, 0) is 24.3 Å². The normalized spacial score (nSPS) is 13.4. The molecule has 96 valence electrons. The minimum Gasteiger partial charge on any atom is -0.468 e. The van der Waals surface area contributed by atoms with Gasteiger partial charge in [0.1, 0.15) is 0 Å². The van der Waals surface area contributed by atoms with Crippen molar-refractivity contribution in [1.29, 1.82) is 0 Å². The summed E-state index contributed by atoms with van der Waals surface area (Å²) in [5.41, 5.74) is 0. The number of sulfonamides is 1. The number of hydrogen-bond acceptors (Lipinski definition) is 6. The molecule has 1 unspecified atom stereocenters. The van der Waals surface area contributed by atoms with Crippen LogP contribution in [-0.4, -0.2) is 58.7 Å². The molecule has 16 heavy (non-hydrogen) atoms. The zero-order chi connectivity index (χ0) is 12.6. The lowest BCUT2D eigenvalue weighted by molar-refractivity contribution is -0.137. The Bertz CT molecular complexity index is 296. The molecule has 0 spiro atoms. The lowest BCUT2D eigenvalue weighted by Crippen LogP contribution is -2.41. The second-order valence-electron chi connectivity index (χ2n) is 3.12. The Hall–Kier alpha value is -0.700. The van der Waals surface area contributed by atoms with Crippen molar-refractivity contribution in [2.75, 3.05) is 33.2 Å². The Labute approximate surface area is 94.8 Å². The summed E-state index contributed by atoms with van der Waals surface area (Å²) in [5.74, 6) is -1.58. The number of methoxy groups -OCH3 is 2. The van der Waals surface area contributed by atoms with E-state index in [1.807, 2.05) is 0 Å². The zero-order valence-electron chi connectivity index (χ0n) is 9.30. The smallest absolute Gasteiger partial charge is 0.322 e. The summed E-state index contributed by atoms with van der Waals surface area (Å²) in [6.07, 6.45) is 0.217. The number of aliphatic hydroxyl groups is 1. The minimum atomic E-state index is -3.75. The number of ether oxygens (including phenoxy) is 2. The first kappa shape index (κ1) is 15.3. The van der Waals surface area contributed by atoms with Crippen LogP contribution >= 0.6 is 0 Å². The van der Waals surface area contributed by atoms with Gasteiger partial charge < -0.3 is 14.6 Å². The van der Waals surface area contributed by atoms with Gasteiger partial charge in [-0.3, -0.25) is 4.79 Å². The molecule has 0 aliphatic rings. The molecule has 2 N–H and O–H groups in total. The molecule has 0 saturated carbocycles. The Balaban J connectivity index is 4.35. The van der Waals surface area contributed by atoms with E-state index in [0.29, 0.717) is 0 Å². The maximum atomic E-state index is 11.4. The quantitative estimate of drug-likeness (QED) is 0.510. The van der Waals surface area contributed by atoms with Gasteiger partial charge in [-0.05, 0) is 6.42 Å². The van der Waals surface area contributed by atoms with Crippen LogP contribution < -0.4 is 4.72 Å². The van der Waals surface area contributed by atoms with E-state index in [1.54, 1.807) is 0 Å². The third-order valence-electron chi connectivity index (χ3n) is 1.73. The van der Waals surface area contributed by atoms with E-state index in [1.165, 1.54) is 7.11 Å². The van der Waals surface area contributed by atoms with Crippen molar-refractivity contribution in [2.24, 2.45) is 0 Å². The molecule has 8 heteroatoms. The molecule has 0 rings (SSSR count). The molecule has 0 aromatic rings. The SMILES string of the molecule is COCC(CCO)NS(=O)(=O)CC(=O)OC. The van der Waals surface area contributed by atoms with Crippen molar-refractivity contribution in [1.82, 2.24) is 4.72 Å². The van der Waals surface area contributed by atoms with Crippen LogP contribution in [0.15, 0.2) is 0 Å². The highest BCUT2D eigenvalue weighted by molar-refractivity contribution is 7.90. The van der Waals surface area contributed by atoms with E-state index in [4.69, 9.17) is 9.84 Å². The predicted octanol–water partition coefficient (Wildman–Crippen LogP) is -1.52. The van der Waals surface area contributed by atoms with E-state index in [-0.39, 0.29) is 19.6 Å². The molecule has 0 aromatic carbocycles. The van der Waals surface area contributed by atoms with Gasteiger partial charge in [0.25, 0.3) is 0 Å². The minimum absolute atomic E-state index is 0.126. The van der Waals surface area contributed by atoms with E-state index in [0.717, 1.165) is 7.11 Å². The maximum Gasteiger partial charge on any atom is 0.322 e. The molecular weight excluding hydrogens is 238 g/mol. The molecule has 0 radical (unpaired) electrons. The molecule has 7 nitrogen and oxygen atoms in total. The fourth-order valence-electron chi connectivity index (χ4n) is 1.04. The molecule has 0 aliphatic carbocycles. The number of carbonyl (C=O) groups is 1. The van der Waals surface area contributed by atoms with Gasteiger partial charge in [-0.1, -0.05) is 0 Å². The van der Waals surface area contributed by atoms with E-state index in [9.17, 15) is 13.2 Å². The van der Waals surface area contributed by atoms with Gasteiger partial charge in [-0.2, -0.15) is 0 Å². The zero-order valence-corrected chi connectivity index (χ0v) is 10.1. The summed E-state index contributed by atoms with van der Waals surface area (Å²) in [5, 5.41) is 8.71. The first-order chi connectivity index (χ1) is 7.45. The monoisotopic (exact) mass is 255 g/mol. The molecule has 0 fully saturated rings. The summed E-state index contributed by atoms with van der Waals surface area (Å²) in [7, 11) is -1.23. The molecule has 0 aromatic heterocycles. The van der Waals surface area contributed by atoms with Gasteiger partial charge in [0.15, 0.2) is 5.75 Å². The third-order valence-corrected chi connectivity index (χ3v) is 3.04. The number of hydrogen-bond donors (Lipinski definition) is 2. The highest BCUT2D eigenvalue weighted by atomic mass is 32.2. The summed E-state index contributed by atoms with van der Waals surface area (Å²) >= 11 is 0. The second-order valence-corrected chi connectivity index (χ2v) is 4.87.